The minimum Gasteiger partial charge on any atom is -0.474 e. The summed E-state index contributed by atoms with van der Waals surface area (Å²) in [5.41, 5.74) is 2.22. The van der Waals surface area contributed by atoms with E-state index in [9.17, 15) is 4.79 Å². The average Bonchev–Trinajstić information content (AvgIpc) is 2.66. The third-order valence-corrected chi connectivity index (χ3v) is 6.19. The van der Waals surface area contributed by atoms with Crippen molar-refractivity contribution in [3.8, 4) is 5.88 Å². The van der Waals surface area contributed by atoms with Crippen LogP contribution in [0.25, 0.3) is 0 Å². The van der Waals surface area contributed by atoms with Gasteiger partial charge in [0.1, 0.15) is 6.10 Å². The molecule has 1 aromatic heterocycles. The van der Waals surface area contributed by atoms with Crippen LogP contribution in [0.15, 0.2) is 12.1 Å². The van der Waals surface area contributed by atoms with Gasteiger partial charge in [-0.25, -0.2) is 9.78 Å². The number of carbonyl (C=O) groups excluding carboxylic acids is 1. The number of carbonyl (C=O) groups is 1. The highest BCUT2D eigenvalue weighted by Gasteiger charge is 2.29. The molecular formula is C21H32N4O2. The number of likely N-dealkylation sites (tertiary alicyclic amines) is 1. The SMILES string of the molecule is CCCNC(=O)N1CCc2nc(OC3CCN(C4CCC4)CC3)ccc2C1. The third-order valence-electron chi connectivity index (χ3n) is 6.19. The molecule has 1 aromatic rings. The lowest BCUT2D eigenvalue weighted by Crippen LogP contribution is -2.46. The summed E-state index contributed by atoms with van der Waals surface area (Å²) in [6.07, 6.45) is 8.40. The van der Waals surface area contributed by atoms with Crippen LogP contribution >= 0.6 is 0 Å². The molecule has 1 aliphatic carbocycles. The van der Waals surface area contributed by atoms with Gasteiger partial charge in [0.15, 0.2) is 0 Å². The number of fused-ring (bicyclic) bond motifs is 1. The first kappa shape index (κ1) is 18.5. The summed E-state index contributed by atoms with van der Waals surface area (Å²) < 4.78 is 6.20. The molecule has 2 amide bonds. The van der Waals surface area contributed by atoms with Gasteiger partial charge in [-0.05, 0) is 37.7 Å². The highest BCUT2D eigenvalue weighted by Crippen LogP contribution is 2.29. The minimum absolute atomic E-state index is 0.0287. The molecule has 27 heavy (non-hydrogen) atoms. The number of ether oxygens (including phenoxy) is 1. The smallest absolute Gasteiger partial charge is 0.317 e. The van der Waals surface area contributed by atoms with Crippen molar-refractivity contribution in [2.45, 2.75) is 70.6 Å². The van der Waals surface area contributed by atoms with Gasteiger partial charge in [-0.2, -0.15) is 0 Å². The maximum Gasteiger partial charge on any atom is 0.317 e. The van der Waals surface area contributed by atoms with Gasteiger partial charge in [-0.3, -0.25) is 0 Å². The van der Waals surface area contributed by atoms with Gasteiger partial charge in [-0.15, -0.1) is 0 Å². The molecule has 1 saturated heterocycles. The quantitative estimate of drug-likeness (QED) is 0.863. The van der Waals surface area contributed by atoms with E-state index in [0.29, 0.717) is 6.54 Å². The summed E-state index contributed by atoms with van der Waals surface area (Å²) in [6.45, 7) is 6.46. The third kappa shape index (κ3) is 4.37. The zero-order chi connectivity index (χ0) is 18.6. The number of piperidine rings is 1. The van der Waals surface area contributed by atoms with Gasteiger partial charge in [0.05, 0.1) is 5.69 Å². The molecule has 2 fully saturated rings. The molecule has 0 radical (unpaired) electrons. The first-order chi connectivity index (χ1) is 13.2. The first-order valence-electron chi connectivity index (χ1n) is 10.6. The molecule has 1 N–H and O–H groups in total. The van der Waals surface area contributed by atoms with Crippen molar-refractivity contribution >= 4 is 6.03 Å². The number of hydrogen-bond donors (Lipinski definition) is 1. The van der Waals surface area contributed by atoms with Gasteiger partial charge in [0, 0.05) is 51.3 Å². The number of nitrogens with zero attached hydrogens (tertiary/aromatic N) is 3. The Labute approximate surface area is 162 Å². The van der Waals surface area contributed by atoms with Crippen LogP contribution in [-0.4, -0.2) is 59.1 Å². The second kappa shape index (κ2) is 8.46. The van der Waals surface area contributed by atoms with Crippen LogP contribution in [0.4, 0.5) is 4.79 Å². The highest BCUT2D eigenvalue weighted by atomic mass is 16.5. The first-order valence-corrected chi connectivity index (χ1v) is 10.6. The minimum atomic E-state index is 0.0287. The number of nitrogens with one attached hydrogen (secondary N) is 1. The molecule has 2 aliphatic heterocycles. The maximum atomic E-state index is 12.2. The lowest BCUT2D eigenvalue weighted by Gasteiger charge is -2.41. The fourth-order valence-electron chi connectivity index (χ4n) is 4.26. The van der Waals surface area contributed by atoms with Crippen molar-refractivity contribution in [3.63, 3.8) is 0 Å². The van der Waals surface area contributed by atoms with Crippen LogP contribution in [0, 0.1) is 0 Å². The van der Waals surface area contributed by atoms with E-state index < -0.39 is 0 Å². The predicted molar refractivity (Wildman–Crippen MR) is 105 cm³/mol. The van der Waals surface area contributed by atoms with Crippen LogP contribution in [0.5, 0.6) is 5.88 Å². The lowest BCUT2D eigenvalue weighted by molar-refractivity contribution is 0.0474. The Morgan fingerprint density at radius 2 is 2.04 bits per heavy atom. The molecule has 0 atom stereocenters. The number of rotatable bonds is 5. The van der Waals surface area contributed by atoms with Gasteiger partial charge < -0.3 is 19.9 Å². The molecule has 0 unspecified atom stereocenters. The molecule has 3 aliphatic rings. The van der Waals surface area contributed by atoms with Gasteiger partial charge in [-0.1, -0.05) is 19.4 Å². The van der Waals surface area contributed by atoms with E-state index in [0.717, 1.165) is 75.0 Å². The average molecular weight is 373 g/mol. The summed E-state index contributed by atoms with van der Waals surface area (Å²) in [5, 5.41) is 2.96. The summed E-state index contributed by atoms with van der Waals surface area (Å²) in [4.78, 5) is 21.4. The summed E-state index contributed by atoms with van der Waals surface area (Å²) in [7, 11) is 0. The number of urea groups is 1. The standard InChI is InChI=1S/C21H32N4O2/c1-2-11-22-21(26)25-14-10-19-16(15-25)6-7-20(23-19)27-18-8-12-24(13-9-18)17-4-3-5-17/h6-7,17-18H,2-5,8-15H2,1H3,(H,22,26). The second-order valence-electron chi connectivity index (χ2n) is 8.10. The molecule has 0 aromatic carbocycles. The summed E-state index contributed by atoms with van der Waals surface area (Å²) in [6, 6.07) is 4.93. The van der Waals surface area contributed by atoms with E-state index in [1.165, 1.54) is 19.3 Å². The van der Waals surface area contributed by atoms with E-state index in [-0.39, 0.29) is 12.1 Å². The van der Waals surface area contributed by atoms with Crippen molar-refractivity contribution in [3.05, 3.63) is 23.4 Å². The Hall–Kier alpha value is -1.82. The van der Waals surface area contributed by atoms with Crippen molar-refractivity contribution in [1.82, 2.24) is 20.1 Å². The normalized spacial score (nSPS) is 21.4. The summed E-state index contributed by atoms with van der Waals surface area (Å²) >= 11 is 0. The Morgan fingerprint density at radius 1 is 1.22 bits per heavy atom. The Kier molecular flexibility index (Phi) is 5.81. The topological polar surface area (TPSA) is 57.7 Å². The largest absolute Gasteiger partial charge is 0.474 e. The zero-order valence-electron chi connectivity index (χ0n) is 16.5. The lowest BCUT2D eigenvalue weighted by atomic mass is 9.90. The Balaban J connectivity index is 1.29. The number of pyridine rings is 1. The molecule has 4 rings (SSSR count). The van der Waals surface area contributed by atoms with Crippen LogP contribution in [0.2, 0.25) is 0 Å². The predicted octanol–water partition coefficient (Wildman–Crippen LogP) is 2.96. The van der Waals surface area contributed by atoms with E-state index >= 15 is 0 Å². The van der Waals surface area contributed by atoms with E-state index in [1.807, 2.05) is 11.0 Å². The maximum absolute atomic E-state index is 12.2. The van der Waals surface area contributed by atoms with Crippen LogP contribution < -0.4 is 10.1 Å². The van der Waals surface area contributed by atoms with Crippen molar-refractivity contribution in [1.29, 1.82) is 0 Å². The summed E-state index contributed by atoms with van der Waals surface area (Å²) in [5.74, 6) is 0.750. The number of hydrogen-bond acceptors (Lipinski definition) is 4. The molecule has 6 nitrogen and oxygen atoms in total. The molecule has 3 heterocycles. The Morgan fingerprint density at radius 3 is 2.74 bits per heavy atom. The van der Waals surface area contributed by atoms with E-state index in [1.54, 1.807) is 0 Å². The van der Waals surface area contributed by atoms with Gasteiger partial charge in [0.25, 0.3) is 0 Å². The number of amides is 2. The monoisotopic (exact) mass is 372 g/mol. The highest BCUT2D eigenvalue weighted by molar-refractivity contribution is 5.74. The van der Waals surface area contributed by atoms with Gasteiger partial charge in [0.2, 0.25) is 5.88 Å². The number of aromatic nitrogens is 1. The van der Waals surface area contributed by atoms with Crippen LogP contribution in [0.1, 0.15) is 56.7 Å². The second-order valence-corrected chi connectivity index (χ2v) is 8.10. The molecular weight excluding hydrogens is 340 g/mol. The zero-order valence-corrected chi connectivity index (χ0v) is 16.5. The molecule has 1 saturated carbocycles. The molecule has 148 valence electrons. The van der Waals surface area contributed by atoms with E-state index in [2.05, 4.69) is 23.2 Å². The molecule has 0 spiro atoms. The van der Waals surface area contributed by atoms with Crippen molar-refractivity contribution in [2.75, 3.05) is 26.2 Å². The van der Waals surface area contributed by atoms with E-state index in [4.69, 9.17) is 9.72 Å². The molecule has 0 bridgehead atoms. The fraction of sp³-hybridized carbons (Fsp3) is 0.714. The van der Waals surface area contributed by atoms with Crippen molar-refractivity contribution in [2.24, 2.45) is 0 Å². The van der Waals surface area contributed by atoms with Gasteiger partial charge >= 0.3 is 6.03 Å². The van der Waals surface area contributed by atoms with Crippen LogP contribution in [0.3, 0.4) is 0 Å². The van der Waals surface area contributed by atoms with Crippen LogP contribution in [-0.2, 0) is 13.0 Å². The fourth-order valence-corrected chi connectivity index (χ4v) is 4.26. The molecule has 6 heteroatoms. The van der Waals surface area contributed by atoms with Crippen molar-refractivity contribution < 1.29 is 9.53 Å². The Bertz CT molecular complexity index is 654.